The zero-order valence-electron chi connectivity index (χ0n) is 14.4. The molecule has 8 heteroatoms. The number of aromatic nitrogens is 2. The lowest BCUT2D eigenvalue weighted by Gasteiger charge is -2.15. The number of rotatable bonds is 4. The van der Waals surface area contributed by atoms with Crippen molar-refractivity contribution >= 4 is 39.1 Å². The van der Waals surface area contributed by atoms with Crippen LogP contribution in [0.25, 0.3) is 10.2 Å². The van der Waals surface area contributed by atoms with E-state index in [1.54, 1.807) is 13.0 Å². The smallest absolute Gasteiger partial charge is 0.266 e. The third-order valence-electron chi connectivity index (χ3n) is 4.23. The number of para-hydroxylation sites is 1. The van der Waals surface area contributed by atoms with E-state index in [0.29, 0.717) is 21.0 Å². The average molecular weight is 370 g/mol. The molecule has 1 aromatic carbocycles. The van der Waals surface area contributed by atoms with Crippen molar-refractivity contribution in [2.45, 2.75) is 26.8 Å². The van der Waals surface area contributed by atoms with Crippen LogP contribution in [0, 0.1) is 13.8 Å². The maximum absolute atomic E-state index is 12.7. The largest absolute Gasteiger partial charge is 0.548 e. The molecular weight excluding hydrogens is 354 g/mol. The number of carbonyl (C=O) groups is 2. The van der Waals surface area contributed by atoms with E-state index in [-0.39, 0.29) is 11.3 Å². The zero-order valence-corrected chi connectivity index (χ0v) is 15.2. The minimum atomic E-state index is -1.38. The summed E-state index contributed by atoms with van der Waals surface area (Å²) in [6, 6.07) is 6.23. The van der Waals surface area contributed by atoms with Crippen LogP contribution in [0.15, 0.2) is 35.4 Å². The minimum Gasteiger partial charge on any atom is -0.548 e. The van der Waals surface area contributed by atoms with Gasteiger partial charge in [0.05, 0.1) is 28.6 Å². The predicted octanol–water partition coefficient (Wildman–Crippen LogP) is 1.64. The topological polar surface area (TPSA) is 104 Å². The summed E-state index contributed by atoms with van der Waals surface area (Å²) in [6.07, 6.45) is 1.17. The number of aryl methyl sites for hydroxylation is 2. The van der Waals surface area contributed by atoms with Crippen LogP contribution in [0.5, 0.6) is 0 Å². The fourth-order valence-corrected chi connectivity index (χ4v) is 3.67. The number of thiophene rings is 1. The fourth-order valence-electron chi connectivity index (χ4n) is 2.64. The third-order valence-corrected chi connectivity index (χ3v) is 5.43. The van der Waals surface area contributed by atoms with E-state index in [1.165, 1.54) is 13.3 Å². The van der Waals surface area contributed by atoms with Gasteiger partial charge in [-0.05, 0) is 38.0 Å². The molecule has 3 rings (SSSR count). The maximum Gasteiger partial charge on any atom is 0.266 e. The molecule has 0 bridgehead atoms. The number of nitrogens with one attached hydrogen (secondary N) is 1. The Hall–Kier alpha value is -3.00. The summed E-state index contributed by atoms with van der Waals surface area (Å²) in [4.78, 5) is 41.3. The Balaban J connectivity index is 2.06. The van der Waals surface area contributed by atoms with Crippen LogP contribution < -0.4 is 16.0 Å². The van der Waals surface area contributed by atoms with E-state index >= 15 is 0 Å². The summed E-state index contributed by atoms with van der Waals surface area (Å²) >= 11 is 1.10. The second kappa shape index (κ2) is 6.72. The molecule has 0 radical (unpaired) electrons. The van der Waals surface area contributed by atoms with E-state index in [9.17, 15) is 19.5 Å². The standard InChI is InChI=1S/C18H17N3O4S/c1-9-6-4-5-7-12(9)20-15(22)14-10(2)13-16(26-14)19-8-21(17(13)23)11(3)18(24)25/h4-8,11H,1-3H3,(H,20,22)(H,24,25)/p-1/t11-/m1/s1. The summed E-state index contributed by atoms with van der Waals surface area (Å²) in [5.74, 6) is -1.71. The molecule has 2 aromatic heterocycles. The van der Waals surface area contributed by atoms with Crippen molar-refractivity contribution in [2.75, 3.05) is 5.32 Å². The Morgan fingerprint density at radius 2 is 1.96 bits per heavy atom. The van der Waals surface area contributed by atoms with Gasteiger partial charge in [0.25, 0.3) is 11.5 Å². The van der Waals surface area contributed by atoms with Gasteiger partial charge >= 0.3 is 0 Å². The molecule has 0 saturated heterocycles. The number of amides is 1. The second-order valence-electron chi connectivity index (χ2n) is 5.96. The Morgan fingerprint density at radius 1 is 1.27 bits per heavy atom. The summed E-state index contributed by atoms with van der Waals surface area (Å²) in [6.45, 7) is 4.88. The van der Waals surface area contributed by atoms with Crippen LogP contribution in [-0.4, -0.2) is 21.4 Å². The molecular formula is C18H16N3O4S-. The molecule has 1 atom stereocenters. The molecule has 0 saturated carbocycles. The molecule has 2 heterocycles. The Bertz CT molecular complexity index is 1080. The first-order valence-corrected chi connectivity index (χ1v) is 8.71. The molecule has 0 fully saturated rings. The normalized spacial score (nSPS) is 12.1. The van der Waals surface area contributed by atoms with Crippen molar-refractivity contribution in [3.63, 3.8) is 0 Å². The minimum absolute atomic E-state index is 0.250. The lowest BCUT2D eigenvalue weighted by Crippen LogP contribution is -2.36. The fraction of sp³-hybridized carbons (Fsp3) is 0.222. The second-order valence-corrected chi connectivity index (χ2v) is 6.96. The number of hydrogen-bond acceptors (Lipinski definition) is 6. The molecule has 3 aromatic rings. The van der Waals surface area contributed by atoms with Crippen LogP contribution in [0.1, 0.15) is 33.8 Å². The Labute approximate surface area is 152 Å². The summed E-state index contributed by atoms with van der Waals surface area (Å²) in [7, 11) is 0. The van der Waals surface area contributed by atoms with Crippen LogP contribution in [0.3, 0.4) is 0 Å². The van der Waals surface area contributed by atoms with Gasteiger partial charge in [-0.2, -0.15) is 0 Å². The molecule has 0 aliphatic heterocycles. The summed E-state index contributed by atoms with van der Waals surface area (Å²) in [5.41, 5.74) is 1.58. The molecule has 1 N–H and O–H groups in total. The Morgan fingerprint density at radius 3 is 2.62 bits per heavy atom. The van der Waals surface area contributed by atoms with Gasteiger partial charge in [0, 0.05) is 5.69 Å². The van der Waals surface area contributed by atoms with Crippen LogP contribution in [0.4, 0.5) is 5.69 Å². The number of nitrogens with zero attached hydrogens (tertiary/aromatic N) is 2. The maximum atomic E-state index is 12.7. The first-order valence-electron chi connectivity index (χ1n) is 7.89. The molecule has 1 amide bonds. The first-order chi connectivity index (χ1) is 12.3. The van der Waals surface area contributed by atoms with E-state index < -0.39 is 17.6 Å². The number of carboxylic acid groups (broad SMARTS) is 1. The van der Waals surface area contributed by atoms with Gasteiger partial charge in [-0.1, -0.05) is 18.2 Å². The predicted molar refractivity (Wildman–Crippen MR) is 97.5 cm³/mol. The van der Waals surface area contributed by atoms with Crippen LogP contribution in [-0.2, 0) is 4.79 Å². The highest BCUT2D eigenvalue weighted by Gasteiger charge is 2.21. The lowest BCUT2D eigenvalue weighted by atomic mass is 10.1. The summed E-state index contributed by atoms with van der Waals surface area (Å²) < 4.78 is 1.00. The van der Waals surface area contributed by atoms with Crippen molar-refractivity contribution < 1.29 is 14.7 Å². The molecule has 0 unspecified atom stereocenters. The van der Waals surface area contributed by atoms with Gasteiger partial charge < -0.3 is 15.2 Å². The molecule has 0 aliphatic carbocycles. The molecule has 7 nitrogen and oxygen atoms in total. The molecule has 26 heavy (non-hydrogen) atoms. The number of fused-ring (bicyclic) bond motifs is 1. The first kappa shape index (κ1) is 17.8. The monoisotopic (exact) mass is 370 g/mol. The van der Waals surface area contributed by atoms with Gasteiger partial charge in [-0.25, -0.2) is 4.98 Å². The summed E-state index contributed by atoms with van der Waals surface area (Å²) in [5, 5.41) is 14.1. The van der Waals surface area contributed by atoms with Gasteiger partial charge in [-0.3, -0.25) is 14.2 Å². The van der Waals surface area contributed by atoms with E-state index in [2.05, 4.69) is 10.3 Å². The van der Waals surface area contributed by atoms with Crippen molar-refractivity contribution in [3.8, 4) is 0 Å². The van der Waals surface area contributed by atoms with Crippen molar-refractivity contribution in [2.24, 2.45) is 0 Å². The van der Waals surface area contributed by atoms with E-state index in [0.717, 1.165) is 21.5 Å². The highest BCUT2D eigenvalue weighted by Crippen LogP contribution is 2.28. The third kappa shape index (κ3) is 2.99. The molecule has 0 aliphatic rings. The number of carbonyl (C=O) groups excluding carboxylic acids is 2. The highest BCUT2D eigenvalue weighted by molar-refractivity contribution is 7.20. The number of benzene rings is 1. The van der Waals surface area contributed by atoms with Crippen molar-refractivity contribution in [1.29, 1.82) is 0 Å². The van der Waals surface area contributed by atoms with Gasteiger partial charge in [-0.15, -0.1) is 11.3 Å². The Kier molecular flexibility index (Phi) is 4.60. The average Bonchev–Trinajstić information content (AvgIpc) is 2.94. The van der Waals surface area contributed by atoms with Gasteiger partial charge in [0.1, 0.15) is 4.83 Å². The molecule has 134 valence electrons. The van der Waals surface area contributed by atoms with Crippen LogP contribution >= 0.6 is 11.3 Å². The van der Waals surface area contributed by atoms with Crippen molar-refractivity contribution in [3.05, 3.63) is 57.0 Å². The number of aliphatic carboxylic acids is 1. The van der Waals surface area contributed by atoms with Crippen molar-refractivity contribution in [1.82, 2.24) is 9.55 Å². The van der Waals surface area contributed by atoms with Gasteiger partial charge in [0.2, 0.25) is 0 Å². The van der Waals surface area contributed by atoms with E-state index in [4.69, 9.17) is 0 Å². The lowest BCUT2D eigenvalue weighted by molar-refractivity contribution is -0.309. The number of carboxylic acids is 1. The number of hydrogen-bond donors (Lipinski definition) is 1. The van der Waals surface area contributed by atoms with Crippen LogP contribution in [0.2, 0.25) is 0 Å². The van der Waals surface area contributed by atoms with E-state index in [1.807, 2.05) is 25.1 Å². The zero-order chi connectivity index (χ0) is 19.0. The highest BCUT2D eigenvalue weighted by atomic mass is 32.1. The van der Waals surface area contributed by atoms with Gasteiger partial charge in [0.15, 0.2) is 0 Å². The number of anilines is 1. The SMILES string of the molecule is Cc1ccccc1NC(=O)c1sc2ncn([C@H](C)C(=O)[O-])c(=O)c2c1C. The molecule has 0 spiro atoms. The quantitative estimate of drug-likeness (QED) is 0.752.